The monoisotopic (exact) mass is 361 g/mol. The van der Waals surface area contributed by atoms with E-state index in [1.807, 2.05) is 12.2 Å². The van der Waals surface area contributed by atoms with Gasteiger partial charge in [-0.25, -0.2) is 4.98 Å². The summed E-state index contributed by atoms with van der Waals surface area (Å²) in [7, 11) is 0. The van der Waals surface area contributed by atoms with Gasteiger partial charge in [0.25, 0.3) is 0 Å². The van der Waals surface area contributed by atoms with Gasteiger partial charge in [0, 0.05) is 30.2 Å². The predicted octanol–water partition coefficient (Wildman–Crippen LogP) is 5.30. The van der Waals surface area contributed by atoms with Crippen molar-refractivity contribution in [2.24, 2.45) is 0 Å². The molecule has 0 radical (unpaired) electrons. The Kier molecular flexibility index (Phi) is 6.46. The zero-order chi connectivity index (χ0) is 19.2. The Labute approximate surface area is 163 Å². The molecule has 3 nitrogen and oxygen atoms in total. The molecule has 1 aromatic carbocycles. The van der Waals surface area contributed by atoms with Crippen molar-refractivity contribution in [2.75, 3.05) is 31.1 Å². The minimum absolute atomic E-state index is 0.702. The normalized spacial score (nSPS) is 16.1. The first kappa shape index (κ1) is 19.4. The molecule has 0 amide bonds. The Morgan fingerprint density at radius 1 is 1.19 bits per heavy atom. The Morgan fingerprint density at radius 3 is 2.52 bits per heavy atom. The van der Waals surface area contributed by atoms with E-state index < -0.39 is 0 Å². The Bertz CT molecular complexity index is 825. The second kappa shape index (κ2) is 9.01. The van der Waals surface area contributed by atoms with E-state index >= 15 is 0 Å². The fourth-order valence-electron chi connectivity index (χ4n) is 4.16. The Hall–Kier alpha value is -2.39. The van der Waals surface area contributed by atoms with Crippen molar-refractivity contribution in [2.45, 2.75) is 32.7 Å². The molecule has 0 aliphatic carbocycles. The smallest absolute Gasteiger partial charge is 0.0730 e. The molecule has 3 rings (SSSR count). The number of nitrogens with zero attached hydrogens (tertiary/aromatic N) is 3. The van der Waals surface area contributed by atoms with Gasteiger partial charge in [-0.1, -0.05) is 63.4 Å². The van der Waals surface area contributed by atoms with Crippen molar-refractivity contribution in [3.05, 3.63) is 67.4 Å². The van der Waals surface area contributed by atoms with Crippen molar-refractivity contribution >= 4 is 22.2 Å². The first-order valence-corrected chi connectivity index (χ1v) is 10.1. The highest BCUT2D eigenvalue weighted by Crippen LogP contribution is 2.32. The summed E-state index contributed by atoms with van der Waals surface area (Å²) < 4.78 is 0. The van der Waals surface area contributed by atoms with Crippen LogP contribution in [-0.2, 0) is 0 Å². The van der Waals surface area contributed by atoms with Gasteiger partial charge in [0.2, 0.25) is 0 Å². The first-order chi connectivity index (χ1) is 13.2. The minimum atomic E-state index is 0.702. The molecule has 0 bridgehead atoms. The summed E-state index contributed by atoms with van der Waals surface area (Å²) in [4.78, 5) is 9.99. The van der Waals surface area contributed by atoms with Gasteiger partial charge in [-0.3, -0.25) is 0 Å². The molecule has 1 aromatic heterocycles. The van der Waals surface area contributed by atoms with E-state index in [0.29, 0.717) is 6.04 Å². The number of pyridine rings is 1. The fourth-order valence-corrected chi connectivity index (χ4v) is 4.16. The lowest BCUT2D eigenvalue weighted by Gasteiger charge is -2.39. The summed E-state index contributed by atoms with van der Waals surface area (Å²) in [6.45, 7) is 16.8. The molecule has 1 saturated heterocycles. The first-order valence-electron chi connectivity index (χ1n) is 10.1. The van der Waals surface area contributed by atoms with Crippen molar-refractivity contribution in [3.8, 4) is 0 Å². The quantitative estimate of drug-likeness (QED) is 0.624. The van der Waals surface area contributed by atoms with Crippen LogP contribution in [0.3, 0.4) is 0 Å². The molecular formula is C24H31N3. The van der Waals surface area contributed by atoms with E-state index in [2.05, 4.69) is 67.1 Å². The molecule has 0 spiro atoms. The lowest BCUT2D eigenvalue weighted by atomic mass is 10.0. The van der Waals surface area contributed by atoms with Crippen molar-refractivity contribution in [1.29, 1.82) is 0 Å². The van der Waals surface area contributed by atoms with Crippen molar-refractivity contribution in [1.82, 2.24) is 9.88 Å². The van der Waals surface area contributed by atoms with Gasteiger partial charge in [0.05, 0.1) is 11.2 Å². The van der Waals surface area contributed by atoms with Crippen LogP contribution in [0.5, 0.6) is 0 Å². The summed E-state index contributed by atoms with van der Waals surface area (Å²) in [5, 5.41) is 1.23. The second-order valence-electron chi connectivity index (χ2n) is 7.05. The van der Waals surface area contributed by atoms with Gasteiger partial charge in [-0.05, 0) is 43.6 Å². The largest absolute Gasteiger partial charge is 0.371 e. The van der Waals surface area contributed by atoms with E-state index in [1.165, 1.54) is 23.9 Å². The molecule has 2 heterocycles. The molecule has 1 aliphatic heterocycles. The number of anilines is 1. The molecule has 1 fully saturated rings. The third-order valence-corrected chi connectivity index (χ3v) is 5.64. The number of allylic oxidation sites excluding steroid dienone is 4. The number of benzene rings is 1. The van der Waals surface area contributed by atoms with Crippen LogP contribution in [-0.4, -0.2) is 42.1 Å². The lowest BCUT2D eigenvalue weighted by molar-refractivity contribution is 0.186. The van der Waals surface area contributed by atoms with Gasteiger partial charge in [-0.15, -0.1) is 0 Å². The van der Waals surface area contributed by atoms with Gasteiger partial charge in [0.1, 0.15) is 0 Å². The number of hydrogen-bond acceptors (Lipinski definition) is 3. The van der Waals surface area contributed by atoms with Gasteiger partial charge < -0.3 is 9.80 Å². The summed E-state index contributed by atoms with van der Waals surface area (Å²) in [6.07, 6.45) is 8.05. The van der Waals surface area contributed by atoms with E-state index in [0.717, 1.165) is 43.0 Å². The van der Waals surface area contributed by atoms with E-state index in [1.54, 1.807) is 6.08 Å². The highest BCUT2D eigenvalue weighted by atomic mass is 15.2. The van der Waals surface area contributed by atoms with Gasteiger partial charge in [0.15, 0.2) is 0 Å². The lowest BCUT2D eigenvalue weighted by Crippen LogP contribution is -2.45. The molecule has 0 saturated carbocycles. The number of piperidine rings is 1. The molecule has 1 aliphatic rings. The standard InChI is InChI=1S/C24H31N3/c1-5-11-19(6-2)23-18-24(21-12-9-10-13-22(21)25-23)27-16-14-20(15-17-27)26(7-3)8-4/h5-6,9-13,18,20H,1-2,7-8,14-17H2,3-4H3/b19-11+. The highest BCUT2D eigenvalue weighted by molar-refractivity contribution is 5.94. The molecule has 0 unspecified atom stereocenters. The maximum absolute atomic E-state index is 4.87. The molecule has 27 heavy (non-hydrogen) atoms. The van der Waals surface area contributed by atoms with Crippen LogP contribution < -0.4 is 4.90 Å². The molecule has 2 aromatic rings. The van der Waals surface area contributed by atoms with Crippen LogP contribution in [0.15, 0.2) is 61.7 Å². The number of fused-ring (bicyclic) bond motifs is 1. The van der Waals surface area contributed by atoms with Crippen molar-refractivity contribution < 1.29 is 0 Å². The van der Waals surface area contributed by atoms with Crippen LogP contribution in [0.4, 0.5) is 5.69 Å². The average Bonchev–Trinajstić information content (AvgIpc) is 2.72. The Balaban J connectivity index is 1.95. The number of rotatable bonds is 7. The third kappa shape index (κ3) is 4.14. The molecule has 3 heteroatoms. The van der Waals surface area contributed by atoms with Gasteiger partial charge in [-0.2, -0.15) is 0 Å². The van der Waals surface area contributed by atoms with Crippen LogP contribution in [0.2, 0.25) is 0 Å². The van der Waals surface area contributed by atoms with Gasteiger partial charge >= 0.3 is 0 Å². The van der Waals surface area contributed by atoms with Crippen LogP contribution in [0.25, 0.3) is 16.5 Å². The van der Waals surface area contributed by atoms with E-state index in [4.69, 9.17) is 4.98 Å². The molecule has 0 N–H and O–H groups in total. The minimum Gasteiger partial charge on any atom is -0.371 e. The summed E-state index contributed by atoms with van der Waals surface area (Å²) in [5.74, 6) is 0. The zero-order valence-corrected chi connectivity index (χ0v) is 16.7. The Morgan fingerprint density at radius 2 is 1.89 bits per heavy atom. The molecule has 142 valence electrons. The second-order valence-corrected chi connectivity index (χ2v) is 7.05. The third-order valence-electron chi connectivity index (χ3n) is 5.64. The molecular weight excluding hydrogens is 330 g/mol. The summed E-state index contributed by atoms with van der Waals surface area (Å²) in [6, 6.07) is 11.4. The molecule has 0 atom stereocenters. The topological polar surface area (TPSA) is 19.4 Å². The number of para-hydroxylation sites is 1. The van der Waals surface area contributed by atoms with Crippen LogP contribution in [0, 0.1) is 0 Å². The van der Waals surface area contributed by atoms with Crippen LogP contribution in [0.1, 0.15) is 32.4 Å². The summed E-state index contributed by atoms with van der Waals surface area (Å²) in [5.41, 5.74) is 4.29. The van der Waals surface area contributed by atoms with E-state index in [9.17, 15) is 0 Å². The average molecular weight is 362 g/mol. The zero-order valence-electron chi connectivity index (χ0n) is 16.7. The van der Waals surface area contributed by atoms with E-state index in [-0.39, 0.29) is 0 Å². The number of hydrogen-bond donors (Lipinski definition) is 0. The number of aromatic nitrogens is 1. The maximum atomic E-state index is 4.87. The SMILES string of the molecule is C=C/C=C(\C=C)c1cc(N2CCC(N(CC)CC)CC2)c2ccccc2n1. The fraction of sp³-hybridized carbons (Fsp3) is 0.375. The predicted molar refractivity (Wildman–Crippen MR) is 118 cm³/mol. The highest BCUT2D eigenvalue weighted by Gasteiger charge is 2.24. The summed E-state index contributed by atoms with van der Waals surface area (Å²) >= 11 is 0. The van der Waals surface area contributed by atoms with Crippen LogP contribution >= 0.6 is 0 Å². The van der Waals surface area contributed by atoms with Crippen molar-refractivity contribution in [3.63, 3.8) is 0 Å². The maximum Gasteiger partial charge on any atom is 0.0730 e.